The zero-order chi connectivity index (χ0) is 23.4. The van der Waals surface area contributed by atoms with Crippen molar-refractivity contribution in [3.63, 3.8) is 0 Å². The zero-order valence-corrected chi connectivity index (χ0v) is 22.4. The average molecular weight is 465 g/mol. The van der Waals surface area contributed by atoms with E-state index in [4.69, 9.17) is 0 Å². The summed E-state index contributed by atoms with van der Waals surface area (Å²) in [6.07, 6.45) is 26.3. The predicted molar refractivity (Wildman–Crippen MR) is 143 cm³/mol. The fourth-order valence-corrected chi connectivity index (χ4v) is 5.99. The maximum atomic E-state index is 12.1. The molecule has 0 spiro atoms. The van der Waals surface area contributed by atoms with Crippen molar-refractivity contribution in [3.05, 3.63) is 20.9 Å². The molecule has 1 aromatic rings. The van der Waals surface area contributed by atoms with Crippen molar-refractivity contribution in [2.75, 3.05) is 0 Å². The summed E-state index contributed by atoms with van der Waals surface area (Å²) in [7, 11) is 0. The number of aryl methyl sites for hydroxylation is 1. The van der Waals surface area contributed by atoms with E-state index in [0.717, 1.165) is 25.7 Å². The number of rotatable bonds is 22. The highest BCUT2D eigenvalue weighted by molar-refractivity contribution is 7.14. The molecular formula is C29H52O2S. The molecule has 0 fully saturated rings. The van der Waals surface area contributed by atoms with E-state index in [2.05, 4.69) is 20.8 Å². The lowest BCUT2D eigenvalue weighted by Crippen LogP contribution is -2.02. The van der Waals surface area contributed by atoms with E-state index in [1.54, 1.807) is 11.3 Å². The summed E-state index contributed by atoms with van der Waals surface area (Å²) in [5, 5.41) is 9.92. The quantitative estimate of drug-likeness (QED) is 0.173. The molecule has 0 radical (unpaired) electrons. The van der Waals surface area contributed by atoms with Crippen LogP contribution in [0.5, 0.6) is 0 Å². The van der Waals surface area contributed by atoms with Crippen LogP contribution in [0.15, 0.2) is 0 Å². The van der Waals surface area contributed by atoms with Crippen molar-refractivity contribution in [2.24, 2.45) is 0 Å². The van der Waals surface area contributed by atoms with E-state index in [0.29, 0.717) is 4.88 Å². The Kier molecular flexibility index (Phi) is 17.9. The van der Waals surface area contributed by atoms with E-state index >= 15 is 0 Å². The smallest absolute Gasteiger partial charge is 0.346 e. The number of unbranched alkanes of at least 4 members (excludes halogenated alkanes) is 15. The van der Waals surface area contributed by atoms with Crippen molar-refractivity contribution >= 4 is 17.3 Å². The van der Waals surface area contributed by atoms with Crippen molar-refractivity contribution in [2.45, 2.75) is 156 Å². The van der Waals surface area contributed by atoms with Crippen molar-refractivity contribution < 1.29 is 9.90 Å². The fourth-order valence-electron chi connectivity index (χ4n) is 4.71. The van der Waals surface area contributed by atoms with Gasteiger partial charge in [-0.05, 0) is 49.7 Å². The van der Waals surface area contributed by atoms with Crippen LogP contribution in [-0.4, -0.2) is 11.1 Å². The molecule has 0 aliphatic carbocycles. The average Bonchev–Trinajstić information content (AvgIpc) is 3.13. The van der Waals surface area contributed by atoms with E-state index in [1.807, 2.05) is 0 Å². The lowest BCUT2D eigenvalue weighted by molar-refractivity contribution is 0.0701. The van der Waals surface area contributed by atoms with Crippen LogP contribution in [0.4, 0.5) is 0 Å². The van der Waals surface area contributed by atoms with E-state index < -0.39 is 5.97 Å². The molecule has 0 bridgehead atoms. The van der Waals surface area contributed by atoms with Crippen molar-refractivity contribution in [1.29, 1.82) is 0 Å². The van der Waals surface area contributed by atoms with Crippen molar-refractivity contribution in [3.8, 4) is 0 Å². The van der Waals surface area contributed by atoms with Crippen LogP contribution in [0.1, 0.15) is 162 Å². The van der Waals surface area contributed by atoms with E-state index in [1.165, 1.54) is 125 Å². The molecule has 1 rings (SSSR count). The largest absolute Gasteiger partial charge is 0.477 e. The first-order valence-electron chi connectivity index (χ1n) is 14.0. The Hall–Kier alpha value is -0.830. The van der Waals surface area contributed by atoms with Gasteiger partial charge in [0.05, 0.1) is 0 Å². The Bertz CT molecular complexity index is 590. The lowest BCUT2D eigenvalue weighted by Gasteiger charge is -2.10. The molecular weight excluding hydrogens is 412 g/mol. The number of carbonyl (C=O) groups is 1. The lowest BCUT2D eigenvalue weighted by atomic mass is 9.95. The van der Waals surface area contributed by atoms with E-state index in [-0.39, 0.29) is 0 Å². The molecule has 1 N–H and O–H groups in total. The van der Waals surface area contributed by atoms with Crippen LogP contribution in [-0.2, 0) is 19.3 Å². The van der Waals surface area contributed by atoms with Crippen LogP contribution in [0.2, 0.25) is 0 Å². The Labute approximate surface area is 203 Å². The fraction of sp³-hybridized carbons (Fsp3) is 0.828. The summed E-state index contributed by atoms with van der Waals surface area (Å²) >= 11 is 1.61. The number of aromatic carboxylic acids is 1. The summed E-state index contributed by atoms with van der Waals surface area (Å²) in [6.45, 7) is 6.78. The minimum Gasteiger partial charge on any atom is -0.477 e. The Morgan fingerprint density at radius 3 is 1.38 bits per heavy atom. The monoisotopic (exact) mass is 464 g/mol. The van der Waals surface area contributed by atoms with Gasteiger partial charge in [-0.25, -0.2) is 4.79 Å². The van der Waals surface area contributed by atoms with Gasteiger partial charge in [-0.2, -0.15) is 0 Å². The summed E-state index contributed by atoms with van der Waals surface area (Å²) in [5.74, 6) is -0.700. The molecule has 0 amide bonds. The Balaban J connectivity index is 2.76. The summed E-state index contributed by atoms with van der Waals surface area (Å²) in [6, 6.07) is 0. The molecule has 186 valence electrons. The second kappa shape index (κ2) is 19.6. The first-order chi connectivity index (χ1) is 15.7. The highest BCUT2D eigenvalue weighted by atomic mass is 32.1. The molecule has 0 aliphatic heterocycles. The molecule has 0 aliphatic rings. The molecule has 0 saturated carbocycles. The van der Waals surface area contributed by atoms with E-state index in [9.17, 15) is 9.90 Å². The number of hydrogen-bond acceptors (Lipinski definition) is 2. The van der Waals surface area contributed by atoms with Crippen LogP contribution < -0.4 is 0 Å². The van der Waals surface area contributed by atoms with Crippen LogP contribution in [0.3, 0.4) is 0 Å². The van der Waals surface area contributed by atoms with Gasteiger partial charge in [-0.3, -0.25) is 0 Å². The second-order valence-electron chi connectivity index (χ2n) is 9.67. The molecule has 0 saturated heterocycles. The normalized spacial score (nSPS) is 11.3. The van der Waals surface area contributed by atoms with Crippen LogP contribution in [0.25, 0.3) is 0 Å². The Morgan fingerprint density at radius 2 is 0.938 bits per heavy atom. The molecule has 0 atom stereocenters. The van der Waals surface area contributed by atoms with Gasteiger partial charge in [0, 0.05) is 4.88 Å². The topological polar surface area (TPSA) is 37.3 Å². The minimum atomic E-state index is -0.700. The van der Waals surface area contributed by atoms with Crippen LogP contribution in [0, 0.1) is 0 Å². The summed E-state index contributed by atoms with van der Waals surface area (Å²) in [4.78, 5) is 14.1. The molecule has 1 heterocycles. The molecule has 3 heteroatoms. The van der Waals surface area contributed by atoms with Gasteiger partial charge in [0.1, 0.15) is 4.88 Å². The first-order valence-corrected chi connectivity index (χ1v) is 14.8. The van der Waals surface area contributed by atoms with Gasteiger partial charge in [-0.1, -0.05) is 117 Å². The van der Waals surface area contributed by atoms with Crippen molar-refractivity contribution in [1.82, 2.24) is 0 Å². The third-order valence-electron chi connectivity index (χ3n) is 6.71. The van der Waals surface area contributed by atoms with Gasteiger partial charge in [0.2, 0.25) is 0 Å². The summed E-state index contributed by atoms with van der Waals surface area (Å²) < 4.78 is 0. The zero-order valence-electron chi connectivity index (χ0n) is 21.6. The minimum absolute atomic E-state index is 0.653. The first kappa shape index (κ1) is 29.2. The van der Waals surface area contributed by atoms with Gasteiger partial charge in [-0.15, -0.1) is 11.3 Å². The van der Waals surface area contributed by atoms with Gasteiger partial charge >= 0.3 is 5.97 Å². The molecule has 32 heavy (non-hydrogen) atoms. The number of carboxylic acids is 1. The molecule has 0 unspecified atom stereocenters. The second-order valence-corrected chi connectivity index (χ2v) is 10.8. The number of carboxylic acid groups (broad SMARTS) is 1. The van der Waals surface area contributed by atoms with Gasteiger partial charge in [0.15, 0.2) is 0 Å². The number of thiophene rings is 1. The number of hydrogen-bond donors (Lipinski definition) is 1. The molecule has 2 nitrogen and oxygen atoms in total. The van der Waals surface area contributed by atoms with Crippen LogP contribution >= 0.6 is 11.3 Å². The van der Waals surface area contributed by atoms with Gasteiger partial charge < -0.3 is 5.11 Å². The molecule has 0 aromatic carbocycles. The van der Waals surface area contributed by atoms with Gasteiger partial charge in [0.25, 0.3) is 0 Å². The summed E-state index contributed by atoms with van der Waals surface area (Å²) in [5.41, 5.74) is 2.64. The highest BCUT2D eigenvalue weighted by Crippen LogP contribution is 2.33. The maximum Gasteiger partial charge on any atom is 0.346 e. The SMILES string of the molecule is CCCCCCCCc1sc(C(=O)O)c(CCCCCCCC)c1CCCCCCCC. The standard InChI is InChI=1S/C29H52O2S/c1-4-7-10-13-16-19-22-25-26(23-20-17-14-11-8-5-2)28(29(30)31)32-27(25)24-21-18-15-12-9-6-3/h4-24H2,1-3H3,(H,30,31). The highest BCUT2D eigenvalue weighted by Gasteiger charge is 2.21. The third kappa shape index (κ3) is 12.4. The molecule has 1 aromatic heterocycles. The maximum absolute atomic E-state index is 12.1. The third-order valence-corrected chi connectivity index (χ3v) is 8.03. The predicted octanol–water partition coefficient (Wildman–Crippen LogP) is 10.2. The Morgan fingerprint density at radius 1 is 0.562 bits per heavy atom.